The van der Waals surface area contributed by atoms with E-state index in [0.717, 1.165) is 0 Å². The van der Waals surface area contributed by atoms with E-state index >= 15 is 0 Å². The van der Waals surface area contributed by atoms with E-state index in [-0.39, 0.29) is 12.5 Å². The zero-order valence-electron chi connectivity index (χ0n) is 8.44. The molecule has 0 heterocycles. The number of nitrogens with two attached hydrogens (primary N) is 1. The van der Waals surface area contributed by atoms with E-state index < -0.39 is 24.3 Å². The average molecular weight is 230 g/mol. The smallest absolute Gasteiger partial charge is 0.349 e. The molecule has 3 N–H and O–H groups in total. The number of hydrogen-bond acceptors (Lipinski definition) is 2. The molecule has 0 spiro atoms. The van der Waals surface area contributed by atoms with Crippen LogP contribution in [0, 0.1) is 5.92 Å². The summed E-state index contributed by atoms with van der Waals surface area (Å²) in [7, 11) is 0. The van der Waals surface area contributed by atoms with Crippen molar-refractivity contribution < 1.29 is 22.4 Å². The number of carbonyl (C=O) groups is 1. The second-order valence-electron chi connectivity index (χ2n) is 3.54. The summed E-state index contributed by atoms with van der Waals surface area (Å²) in [6.45, 7) is 3.20. The van der Waals surface area contributed by atoms with Crippen LogP contribution in [0.4, 0.5) is 17.6 Å². The van der Waals surface area contributed by atoms with Crippen molar-refractivity contribution >= 4 is 5.91 Å². The first-order valence-electron chi connectivity index (χ1n) is 4.39. The minimum absolute atomic E-state index is 0.0366. The molecule has 1 atom stereocenters. The normalized spacial score (nSPS) is 14.5. The van der Waals surface area contributed by atoms with Crippen LogP contribution in [0.3, 0.4) is 0 Å². The van der Waals surface area contributed by atoms with Gasteiger partial charge < -0.3 is 11.1 Å². The van der Waals surface area contributed by atoms with Gasteiger partial charge in [0, 0.05) is 12.6 Å². The zero-order chi connectivity index (χ0) is 12.2. The predicted octanol–water partition coefficient (Wildman–Crippen LogP) is 0.986. The van der Waals surface area contributed by atoms with E-state index in [2.05, 4.69) is 0 Å². The molecule has 15 heavy (non-hydrogen) atoms. The van der Waals surface area contributed by atoms with E-state index in [4.69, 9.17) is 5.73 Å². The molecule has 0 fully saturated rings. The number of carbonyl (C=O) groups excluding carboxylic acids is 1. The Balaban J connectivity index is 4.15. The fraction of sp³-hybridized carbons (Fsp3) is 0.875. The summed E-state index contributed by atoms with van der Waals surface area (Å²) in [4.78, 5) is 10.6. The van der Waals surface area contributed by atoms with E-state index in [9.17, 15) is 22.4 Å². The van der Waals surface area contributed by atoms with Gasteiger partial charge in [-0.1, -0.05) is 13.8 Å². The van der Waals surface area contributed by atoms with Gasteiger partial charge in [0.2, 0.25) is 0 Å². The molecular weight excluding hydrogens is 216 g/mol. The monoisotopic (exact) mass is 230 g/mol. The molecule has 1 amide bonds. The fourth-order valence-corrected chi connectivity index (χ4v) is 0.663. The Morgan fingerprint density at radius 3 is 2.20 bits per heavy atom. The lowest BCUT2D eigenvalue weighted by Crippen LogP contribution is -2.49. The molecule has 0 rings (SSSR count). The number of halogens is 4. The summed E-state index contributed by atoms with van der Waals surface area (Å²) in [5.41, 5.74) is 5.44. The van der Waals surface area contributed by atoms with Crippen LogP contribution >= 0.6 is 0 Å². The number of amides is 1. The van der Waals surface area contributed by atoms with E-state index in [0.29, 0.717) is 0 Å². The molecule has 0 aromatic rings. The Labute approximate surface area is 85.0 Å². The largest absolute Gasteiger partial charge is 0.383 e. The van der Waals surface area contributed by atoms with Crippen molar-refractivity contribution in [2.75, 3.05) is 6.54 Å². The van der Waals surface area contributed by atoms with Gasteiger partial charge in [0.1, 0.15) is 0 Å². The molecule has 0 radical (unpaired) electrons. The van der Waals surface area contributed by atoms with Gasteiger partial charge in [-0.25, -0.2) is 8.78 Å². The molecule has 0 aromatic carbocycles. The highest BCUT2D eigenvalue weighted by atomic mass is 19.3. The van der Waals surface area contributed by atoms with Crippen LogP contribution in [0.15, 0.2) is 0 Å². The highest BCUT2D eigenvalue weighted by Crippen LogP contribution is 2.22. The maximum Gasteiger partial charge on any atom is 0.383 e. The van der Waals surface area contributed by atoms with Crippen LogP contribution in [0.1, 0.15) is 13.8 Å². The Morgan fingerprint density at radius 1 is 1.40 bits per heavy atom. The average Bonchev–Trinajstić information content (AvgIpc) is 2.12. The van der Waals surface area contributed by atoms with Crippen molar-refractivity contribution in [1.82, 2.24) is 5.32 Å². The second-order valence-corrected chi connectivity index (χ2v) is 3.54. The van der Waals surface area contributed by atoms with Gasteiger partial charge in [0.25, 0.3) is 5.91 Å². The summed E-state index contributed by atoms with van der Waals surface area (Å²) in [5, 5.41) is 1.69. The quantitative estimate of drug-likeness (QED) is 0.692. The number of rotatable bonds is 5. The molecular formula is C8H14F4N2O. The summed E-state index contributed by atoms with van der Waals surface area (Å²) in [6, 6.07) is -0.539. The van der Waals surface area contributed by atoms with Gasteiger partial charge >= 0.3 is 12.3 Å². The molecule has 0 saturated carbocycles. The Kier molecular flexibility index (Phi) is 4.99. The highest BCUT2D eigenvalue weighted by Gasteiger charge is 2.48. The first kappa shape index (κ1) is 14.2. The summed E-state index contributed by atoms with van der Waals surface area (Å²) < 4.78 is 48.2. The maximum absolute atomic E-state index is 12.4. The van der Waals surface area contributed by atoms with Crippen molar-refractivity contribution in [3.63, 3.8) is 0 Å². The van der Waals surface area contributed by atoms with Gasteiger partial charge in [-0.3, -0.25) is 4.79 Å². The SMILES string of the molecule is CC(C)C(N)CNC(=O)C(F)(F)C(F)F. The Morgan fingerprint density at radius 2 is 1.87 bits per heavy atom. The third-order valence-corrected chi connectivity index (χ3v) is 1.93. The minimum atomic E-state index is -4.66. The molecule has 1 unspecified atom stereocenters. The standard InChI is InChI=1S/C8H14F4N2O/c1-4(2)5(13)3-14-7(15)8(11,12)6(9)10/h4-6H,3,13H2,1-2H3,(H,14,15). The molecule has 90 valence electrons. The summed E-state index contributed by atoms with van der Waals surface area (Å²) >= 11 is 0. The van der Waals surface area contributed by atoms with Crippen molar-refractivity contribution in [3.05, 3.63) is 0 Å². The molecule has 0 aromatic heterocycles. The lowest BCUT2D eigenvalue weighted by atomic mass is 10.1. The Bertz CT molecular complexity index is 221. The minimum Gasteiger partial charge on any atom is -0.349 e. The first-order valence-corrected chi connectivity index (χ1v) is 4.39. The molecule has 0 bridgehead atoms. The lowest BCUT2D eigenvalue weighted by Gasteiger charge is -2.19. The van der Waals surface area contributed by atoms with Crippen LogP contribution in [-0.4, -0.2) is 30.8 Å². The van der Waals surface area contributed by atoms with Crippen molar-refractivity contribution in [3.8, 4) is 0 Å². The van der Waals surface area contributed by atoms with Gasteiger partial charge in [0.05, 0.1) is 0 Å². The molecule has 7 heteroatoms. The van der Waals surface area contributed by atoms with Crippen LogP contribution in [0.2, 0.25) is 0 Å². The summed E-state index contributed by atoms with van der Waals surface area (Å²) in [5.74, 6) is -6.68. The topological polar surface area (TPSA) is 55.1 Å². The highest BCUT2D eigenvalue weighted by molar-refractivity contribution is 5.83. The van der Waals surface area contributed by atoms with E-state index in [1.807, 2.05) is 0 Å². The first-order chi connectivity index (χ1) is 6.69. The molecule has 0 aliphatic carbocycles. The maximum atomic E-state index is 12.4. The number of hydrogen-bond donors (Lipinski definition) is 2. The predicted molar refractivity (Wildman–Crippen MR) is 46.8 cm³/mol. The van der Waals surface area contributed by atoms with Gasteiger partial charge in [0.15, 0.2) is 0 Å². The van der Waals surface area contributed by atoms with Gasteiger partial charge in [-0.15, -0.1) is 0 Å². The second kappa shape index (κ2) is 5.29. The van der Waals surface area contributed by atoms with Crippen molar-refractivity contribution in [2.24, 2.45) is 11.7 Å². The lowest BCUT2D eigenvalue weighted by molar-refractivity contribution is -0.169. The third kappa shape index (κ3) is 4.03. The third-order valence-electron chi connectivity index (χ3n) is 1.93. The number of nitrogens with one attached hydrogen (secondary N) is 1. The fourth-order valence-electron chi connectivity index (χ4n) is 0.663. The molecule has 0 saturated heterocycles. The molecule has 3 nitrogen and oxygen atoms in total. The number of alkyl halides is 4. The van der Waals surface area contributed by atoms with Crippen LogP contribution in [-0.2, 0) is 4.79 Å². The zero-order valence-corrected chi connectivity index (χ0v) is 8.44. The van der Waals surface area contributed by atoms with E-state index in [1.54, 1.807) is 19.2 Å². The van der Waals surface area contributed by atoms with Gasteiger partial charge in [-0.2, -0.15) is 8.78 Å². The van der Waals surface area contributed by atoms with Crippen LogP contribution in [0.5, 0.6) is 0 Å². The van der Waals surface area contributed by atoms with Crippen molar-refractivity contribution in [1.29, 1.82) is 0 Å². The van der Waals surface area contributed by atoms with E-state index in [1.165, 1.54) is 0 Å². The molecule has 0 aliphatic heterocycles. The van der Waals surface area contributed by atoms with Gasteiger partial charge in [-0.05, 0) is 5.92 Å². The molecule has 0 aliphatic rings. The summed E-state index contributed by atoms with van der Waals surface area (Å²) in [6.07, 6.45) is -4.01. The Hall–Kier alpha value is -0.850. The van der Waals surface area contributed by atoms with Crippen LogP contribution in [0.25, 0.3) is 0 Å². The van der Waals surface area contributed by atoms with Crippen molar-refractivity contribution in [2.45, 2.75) is 32.2 Å². The van der Waals surface area contributed by atoms with Crippen LogP contribution < -0.4 is 11.1 Å².